The number of esters is 1. The molecule has 4 amide bonds. The van der Waals surface area contributed by atoms with Gasteiger partial charge in [-0.3, -0.25) is 24.5 Å². The number of benzene rings is 1. The molecular weight excluding hydrogens is 372 g/mol. The van der Waals surface area contributed by atoms with Crippen LogP contribution in [0.3, 0.4) is 0 Å². The number of nitrogens with zero attached hydrogens (tertiary/aromatic N) is 1. The van der Waals surface area contributed by atoms with E-state index in [1.54, 1.807) is 24.3 Å². The van der Waals surface area contributed by atoms with Crippen LogP contribution in [0.1, 0.15) is 18.4 Å². The fourth-order valence-corrected chi connectivity index (χ4v) is 2.46. The average molecular weight is 392 g/mol. The van der Waals surface area contributed by atoms with Gasteiger partial charge in [0.15, 0.2) is 0 Å². The predicted octanol–water partition coefficient (Wildman–Crippen LogP) is 0.306. The van der Waals surface area contributed by atoms with E-state index in [-0.39, 0.29) is 32.5 Å². The summed E-state index contributed by atoms with van der Waals surface area (Å²) in [7, 11) is 0. The number of carbonyl (C=O) groups is 5. The molecule has 1 aliphatic rings. The van der Waals surface area contributed by atoms with Gasteiger partial charge in [-0.2, -0.15) is 0 Å². The number of rotatable bonds is 10. The lowest BCUT2D eigenvalue weighted by Gasteiger charge is -2.29. The van der Waals surface area contributed by atoms with Crippen molar-refractivity contribution in [1.29, 1.82) is 0 Å². The lowest BCUT2D eigenvalue weighted by Crippen LogP contribution is -2.58. The molecule has 150 valence electrons. The van der Waals surface area contributed by atoms with Crippen molar-refractivity contribution >= 4 is 29.8 Å². The molecule has 0 bridgehead atoms. The highest BCUT2D eigenvalue weighted by Crippen LogP contribution is 2.16. The summed E-state index contributed by atoms with van der Waals surface area (Å²) in [5, 5.41) is 10.6. The average Bonchev–Trinajstić information content (AvgIpc) is 2.66. The Labute approximate surface area is 160 Å². The Bertz CT molecular complexity index is 749. The van der Waals surface area contributed by atoms with E-state index < -0.39 is 42.4 Å². The first-order valence-electron chi connectivity index (χ1n) is 8.53. The van der Waals surface area contributed by atoms with Crippen LogP contribution in [-0.2, 0) is 35.1 Å². The predicted molar refractivity (Wildman–Crippen MR) is 92.7 cm³/mol. The Balaban J connectivity index is 1.79. The number of barbiturate groups is 1. The van der Waals surface area contributed by atoms with Crippen molar-refractivity contribution in [3.63, 3.8) is 0 Å². The van der Waals surface area contributed by atoms with Gasteiger partial charge in [-0.1, -0.05) is 30.3 Å². The number of nitrogens with one attached hydrogen (secondary N) is 1. The molecule has 1 fully saturated rings. The highest BCUT2D eigenvalue weighted by atomic mass is 16.6. The minimum atomic E-state index is -1.11. The van der Waals surface area contributed by atoms with E-state index in [9.17, 15) is 24.0 Å². The Hall–Kier alpha value is -3.27. The van der Waals surface area contributed by atoms with E-state index in [0.29, 0.717) is 0 Å². The van der Waals surface area contributed by atoms with Crippen molar-refractivity contribution in [2.75, 3.05) is 19.9 Å². The Morgan fingerprint density at radius 3 is 2.46 bits per heavy atom. The van der Waals surface area contributed by atoms with E-state index in [2.05, 4.69) is 5.32 Å². The molecule has 0 spiro atoms. The van der Waals surface area contributed by atoms with Crippen LogP contribution in [0.25, 0.3) is 0 Å². The highest BCUT2D eigenvalue weighted by molar-refractivity contribution is 6.16. The Morgan fingerprint density at radius 1 is 1.07 bits per heavy atom. The summed E-state index contributed by atoms with van der Waals surface area (Å²) < 4.78 is 9.93. The number of carbonyl (C=O) groups excluding carboxylic acids is 4. The number of urea groups is 1. The first-order valence-corrected chi connectivity index (χ1v) is 8.53. The molecule has 10 nitrogen and oxygen atoms in total. The normalized spacial score (nSPS) is 16.6. The maximum Gasteiger partial charge on any atom is 0.332 e. The molecule has 0 aliphatic carbocycles. The lowest BCUT2D eigenvalue weighted by molar-refractivity contribution is -0.151. The van der Waals surface area contributed by atoms with Gasteiger partial charge >= 0.3 is 18.0 Å². The van der Waals surface area contributed by atoms with Crippen LogP contribution in [0.2, 0.25) is 0 Å². The van der Waals surface area contributed by atoms with E-state index in [0.717, 1.165) is 10.5 Å². The fourth-order valence-electron chi connectivity index (χ4n) is 2.46. The Kier molecular flexibility index (Phi) is 7.64. The van der Waals surface area contributed by atoms with Crippen LogP contribution >= 0.6 is 0 Å². The van der Waals surface area contributed by atoms with Crippen LogP contribution in [-0.4, -0.2) is 59.7 Å². The molecule has 1 aliphatic heterocycles. The van der Waals surface area contributed by atoms with E-state index in [1.807, 2.05) is 6.07 Å². The Morgan fingerprint density at radius 2 is 1.79 bits per heavy atom. The zero-order valence-electron chi connectivity index (χ0n) is 15.0. The van der Waals surface area contributed by atoms with Crippen molar-refractivity contribution in [1.82, 2.24) is 10.2 Å². The summed E-state index contributed by atoms with van der Waals surface area (Å²) in [6.45, 7) is -0.669. The summed E-state index contributed by atoms with van der Waals surface area (Å²) in [5.41, 5.74) is 0.777. The maximum absolute atomic E-state index is 12.5. The van der Waals surface area contributed by atoms with Crippen molar-refractivity contribution in [3.05, 3.63) is 35.9 Å². The molecule has 1 saturated heterocycles. The second kappa shape index (κ2) is 10.2. The van der Waals surface area contributed by atoms with Gasteiger partial charge < -0.3 is 14.6 Å². The van der Waals surface area contributed by atoms with Crippen LogP contribution < -0.4 is 5.32 Å². The van der Waals surface area contributed by atoms with E-state index in [1.165, 1.54) is 0 Å². The van der Waals surface area contributed by atoms with Gasteiger partial charge in [-0.05, 0) is 12.0 Å². The molecule has 1 heterocycles. The number of imide groups is 2. The summed E-state index contributed by atoms with van der Waals surface area (Å²) in [4.78, 5) is 58.8. The summed E-state index contributed by atoms with van der Waals surface area (Å²) in [6.07, 6.45) is -0.443. The first-order chi connectivity index (χ1) is 13.4. The number of carboxylic acid groups (broad SMARTS) is 1. The second-order valence-corrected chi connectivity index (χ2v) is 5.95. The van der Waals surface area contributed by atoms with Crippen LogP contribution in [0.15, 0.2) is 30.3 Å². The van der Waals surface area contributed by atoms with E-state index in [4.69, 9.17) is 14.6 Å². The molecule has 1 aromatic rings. The van der Waals surface area contributed by atoms with Gasteiger partial charge in [-0.15, -0.1) is 0 Å². The molecule has 2 N–H and O–H groups in total. The van der Waals surface area contributed by atoms with Gasteiger partial charge in [0, 0.05) is 0 Å². The summed E-state index contributed by atoms with van der Waals surface area (Å²) in [5.74, 6) is -4.18. The number of aliphatic carboxylic acids is 1. The number of carboxylic acids is 1. The largest absolute Gasteiger partial charge is 0.481 e. The van der Waals surface area contributed by atoms with Gasteiger partial charge in [0.1, 0.15) is 19.3 Å². The third-order valence-corrected chi connectivity index (χ3v) is 3.89. The quantitative estimate of drug-likeness (QED) is 0.329. The number of hydrogen-bond acceptors (Lipinski definition) is 7. The first kappa shape index (κ1) is 21.0. The molecule has 0 saturated carbocycles. The van der Waals surface area contributed by atoms with Gasteiger partial charge in [0.05, 0.1) is 19.4 Å². The van der Waals surface area contributed by atoms with E-state index >= 15 is 0 Å². The molecule has 10 heteroatoms. The number of amides is 4. The smallest absolute Gasteiger partial charge is 0.332 e. The number of hydrogen-bond donors (Lipinski definition) is 2. The second-order valence-electron chi connectivity index (χ2n) is 5.95. The SMILES string of the molecule is O=C(O)CCC(=O)OCCOCN1C(=O)NC(=O)C(Cc2ccccc2)C1=O. The zero-order valence-corrected chi connectivity index (χ0v) is 15.0. The molecule has 0 aromatic heterocycles. The summed E-state index contributed by atoms with van der Waals surface area (Å²) in [6, 6.07) is 8.05. The molecule has 28 heavy (non-hydrogen) atoms. The minimum Gasteiger partial charge on any atom is -0.481 e. The van der Waals surface area contributed by atoms with Crippen LogP contribution in [0.4, 0.5) is 4.79 Å². The molecule has 1 atom stereocenters. The molecular formula is C18H20N2O8. The van der Waals surface area contributed by atoms with Gasteiger partial charge in [0.25, 0.3) is 0 Å². The van der Waals surface area contributed by atoms with Gasteiger partial charge in [0.2, 0.25) is 11.8 Å². The molecule has 1 unspecified atom stereocenters. The summed E-state index contributed by atoms with van der Waals surface area (Å²) >= 11 is 0. The van der Waals surface area contributed by atoms with Crippen LogP contribution in [0.5, 0.6) is 0 Å². The maximum atomic E-state index is 12.5. The van der Waals surface area contributed by atoms with Crippen molar-refractivity contribution in [3.8, 4) is 0 Å². The van der Waals surface area contributed by atoms with Crippen molar-refractivity contribution in [2.24, 2.45) is 5.92 Å². The molecule has 2 rings (SSSR count). The van der Waals surface area contributed by atoms with Crippen LogP contribution in [0, 0.1) is 5.92 Å². The van der Waals surface area contributed by atoms with Crippen molar-refractivity contribution < 1.29 is 38.6 Å². The lowest BCUT2D eigenvalue weighted by atomic mass is 9.96. The fraction of sp³-hybridized carbons (Fsp3) is 0.389. The molecule has 1 aromatic carbocycles. The van der Waals surface area contributed by atoms with Gasteiger partial charge in [-0.25, -0.2) is 9.69 Å². The third-order valence-electron chi connectivity index (χ3n) is 3.89. The third kappa shape index (κ3) is 6.16. The zero-order chi connectivity index (χ0) is 20.5. The monoisotopic (exact) mass is 392 g/mol. The minimum absolute atomic E-state index is 0.104. The highest BCUT2D eigenvalue weighted by Gasteiger charge is 2.40. The standard InChI is InChI=1S/C18H20N2O8/c21-14(22)6-7-15(23)28-9-8-27-11-20-17(25)13(16(24)19-18(20)26)10-12-4-2-1-3-5-12/h1-5,13H,6-11H2,(H,21,22)(H,19,24,26). The number of ether oxygens (including phenoxy) is 2. The molecule has 0 radical (unpaired) electrons. The topological polar surface area (TPSA) is 139 Å². The van der Waals surface area contributed by atoms with Crippen molar-refractivity contribution in [2.45, 2.75) is 19.3 Å².